The fourth-order valence-corrected chi connectivity index (χ4v) is 5.87. The lowest BCUT2D eigenvalue weighted by atomic mass is 9.87. The molecule has 1 amide bonds. The molecule has 182 valence electrons. The van der Waals surface area contributed by atoms with Gasteiger partial charge in [0, 0.05) is 6.07 Å². The van der Waals surface area contributed by atoms with Crippen LogP contribution in [0.3, 0.4) is 0 Å². The standard InChI is InChI=1S/C27H28N2O5S/c30-27(28-23-12-6-10-20-9-4-5-11-22(20)23)24(17-19-7-2-1-3-8-19)29-35(31,32)21-13-14-25-26(18-21)34-16-15-33-25/h1-5,7-9,11,13-14,18,23-24,29H,6,10,12,15-17H2,(H,28,30). The Kier molecular flexibility index (Phi) is 6.74. The van der Waals surface area contributed by atoms with E-state index in [2.05, 4.69) is 16.1 Å². The molecule has 1 aliphatic carbocycles. The minimum absolute atomic E-state index is 0.0237. The van der Waals surface area contributed by atoms with Gasteiger partial charge in [-0.3, -0.25) is 4.79 Å². The van der Waals surface area contributed by atoms with Crippen molar-refractivity contribution < 1.29 is 22.7 Å². The van der Waals surface area contributed by atoms with Crippen molar-refractivity contribution in [1.29, 1.82) is 0 Å². The molecule has 8 heteroatoms. The van der Waals surface area contributed by atoms with E-state index in [1.54, 1.807) is 6.07 Å². The van der Waals surface area contributed by atoms with Gasteiger partial charge in [-0.25, -0.2) is 8.42 Å². The zero-order valence-corrected chi connectivity index (χ0v) is 20.1. The summed E-state index contributed by atoms with van der Waals surface area (Å²) in [5.41, 5.74) is 3.18. The van der Waals surface area contributed by atoms with E-state index in [0.29, 0.717) is 24.7 Å². The number of nitrogens with one attached hydrogen (secondary N) is 2. The summed E-state index contributed by atoms with van der Waals surface area (Å²) in [6, 6.07) is 20.8. The second-order valence-electron chi connectivity index (χ2n) is 8.82. The smallest absolute Gasteiger partial charge is 0.241 e. The van der Waals surface area contributed by atoms with Gasteiger partial charge < -0.3 is 14.8 Å². The quantitative estimate of drug-likeness (QED) is 0.526. The minimum atomic E-state index is -4.01. The Balaban J connectivity index is 1.40. The molecule has 0 saturated heterocycles. The molecule has 2 unspecified atom stereocenters. The van der Waals surface area contributed by atoms with Crippen molar-refractivity contribution in [2.75, 3.05) is 13.2 Å². The van der Waals surface area contributed by atoms with Crippen LogP contribution in [0.5, 0.6) is 11.5 Å². The molecule has 1 heterocycles. The molecule has 0 fully saturated rings. The number of rotatable bonds is 7. The summed E-state index contributed by atoms with van der Waals surface area (Å²) in [5.74, 6) is 0.531. The number of aryl methyl sites for hydroxylation is 1. The van der Waals surface area contributed by atoms with Gasteiger partial charge in [-0.05, 0) is 54.5 Å². The second kappa shape index (κ2) is 10.1. The Bertz CT molecular complexity index is 1310. The number of carbonyl (C=O) groups is 1. The third-order valence-electron chi connectivity index (χ3n) is 6.41. The lowest BCUT2D eigenvalue weighted by Gasteiger charge is -2.28. The molecule has 0 saturated carbocycles. The monoisotopic (exact) mass is 492 g/mol. The second-order valence-corrected chi connectivity index (χ2v) is 10.5. The van der Waals surface area contributed by atoms with Crippen LogP contribution in [-0.4, -0.2) is 33.6 Å². The van der Waals surface area contributed by atoms with E-state index in [-0.39, 0.29) is 23.3 Å². The number of benzene rings is 3. The molecule has 2 atom stereocenters. The van der Waals surface area contributed by atoms with Gasteiger partial charge in [-0.2, -0.15) is 4.72 Å². The van der Waals surface area contributed by atoms with E-state index in [1.807, 2.05) is 48.5 Å². The molecule has 2 aliphatic rings. The van der Waals surface area contributed by atoms with Gasteiger partial charge in [0.1, 0.15) is 19.3 Å². The number of carbonyl (C=O) groups excluding carboxylic acids is 1. The molecular formula is C27H28N2O5S. The highest BCUT2D eigenvalue weighted by Gasteiger charge is 2.30. The fraction of sp³-hybridized carbons (Fsp3) is 0.296. The summed E-state index contributed by atoms with van der Waals surface area (Å²) in [6.45, 7) is 0.771. The normalized spacial score (nSPS) is 17.8. The molecule has 0 spiro atoms. The van der Waals surface area contributed by atoms with Gasteiger partial charge in [0.25, 0.3) is 0 Å². The summed E-state index contributed by atoms with van der Waals surface area (Å²) < 4.78 is 40.3. The summed E-state index contributed by atoms with van der Waals surface area (Å²) in [6.07, 6.45) is 2.99. The zero-order chi connectivity index (χ0) is 24.3. The van der Waals surface area contributed by atoms with Crippen molar-refractivity contribution in [3.63, 3.8) is 0 Å². The average Bonchev–Trinajstić information content (AvgIpc) is 2.89. The Hall–Kier alpha value is -3.36. The maximum absolute atomic E-state index is 13.5. The van der Waals surface area contributed by atoms with Crippen molar-refractivity contribution in [3.05, 3.63) is 89.5 Å². The van der Waals surface area contributed by atoms with Gasteiger partial charge in [-0.1, -0.05) is 54.6 Å². The van der Waals surface area contributed by atoms with Crippen LogP contribution in [0.4, 0.5) is 0 Å². The van der Waals surface area contributed by atoms with Crippen LogP contribution in [0.15, 0.2) is 77.7 Å². The van der Waals surface area contributed by atoms with Gasteiger partial charge >= 0.3 is 0 Å². The van der Waals surface area contributed by atoms with Crippen LogP contribution >= 0.6 is 0 Å². The molecule has 5 rings (SSSR count). The Labute approximate surface area is 205 Å². The van der Waals surface area contributed by atoms with Crippen molar-refractivity contribution >= 4 is 15.9 Å². The van der Waals surface area contributed by atoms with E-state index >= 15 is 0 Å². The Morgan fingerprint density at radius 2 is 1.69 bits per heavy atom. The number of sulfonamides is 1. The van der Waals surface area contributed by atoms with Gasteiger partial charge in [0.15, 0.2) is 11.5 Å². The summed E-state index contributed by atoms with van der Waals surface area (Å²) >= 11 is 0. The largest absolute Gasteiger partial charge is 0.486 e. The average molecular weight is 493 g/mol. The van der Waals surface area contributed by atoms with Crippen LogP contribution < -0.4 is 19.5 Å². The van der Waals surface area contributed by atoms with Gasteiger partial charge in [0.2, 0.25) is 15.9 Å². The van der Waals surface area contributed by atoms with E-state index in [1.165, 1.54) is 17.7 Å². The SMILES string of the molecule is O=C(NC1CCCc2ccccc21)C(Cc1ccccc1)NS(=O)(=O)c1ccc2c(c1)OCCO2. The number of hydrogen-bond donors (Lipinski definition) is 2. The Morgan fingerprint density at radius 3 is 2.51 bits per heavy atom. The van der Waals surface area contributed by atoms with Crippen LogP contribution in [0, 0.1) is 0 Å². The third-order valence-corrected chi connectivity index (χ3v) is 7.88. The molecule has 0 aromatic heterocycles. The molecule has 3 aromatic carbocycles. The first-order chi connectivity index (χ1) is 17.0. The Morgan fingerprint density at radius 1 is 0.943 bits per heavy atom. The highest BCUT2D eigenvalue weighted by atomic mass is 32.2. The first kappa shape index (κ1) is 23.4. The summed E-state index contributed by atoms with van der Waals surface area (Å²) in [4.78, 5) is 13.5. The molecule has 0 bridgehead atoms. The molecule has 2 N–H and O–H groups in total. The molecule has 7 nitrogen and oxygen atoms in total. The van der Waals surface area contributed by atoms with Crippen LogP contribution in [-0.2, 0) is 27.7 Å². The van der Waals surface area contributed by atoms with Gasteiger partial charge in [-0.15, -0.1) is 0 Å². The van der Waals surface area contributed by atoms with Gasteiger partial charge in [0.05, 0.1) is 10.9 Å². The lowest BCUT2D eigenvalue weighted by Crippen LogP contribution is -2.49. The number of ether oxygens (including phenoxy) is 2. The van der Waals surface area contributed by atoms with E-state index in [9.17, 15) is 13.2 Å². The van der Waals surface area contributed by atoms with Crippen LogP contribution in [0.25, 0.3) is 0 Å². The highest BCUT2D eigenvalue weighted by molar-refractivity contribution is 7.89. The van der Waals surface area contributed by atoms with E-state index in [4.69, 9.17) is 9.47 Å². The molecule has 0 radical (unpaired) electrons. The molecule has 3 aromatic rings. The van der Waals surface area contributed by atoms with Crippen molar-refractivity contribution in [1.82, 2.24) is 10.0 Å². The predicted octanol–water partition coefficient (Wildman–Crippen LogP) is 3.54. The fourth-order valence-electron chi connectivity index (χ4n) is 4.66. The van der Waals surface area contributed by atoms with Crippen LogP contribution in [0.1, 0.15) is 35.6 Å². The molecular weight excluding hydrogens is 464 g/mol. The number of amides is 1. The maximum Gasteiger partial charge on any atom is 0.241 e. The number of hydrogen-bond acceptors (Lipinski definition) is 5. The first-order valence-electron chi connectivity index (χ1n) is 11.8. The number of fused-ring (bicyclic) bond motifs is 2. The topological polar surface area (TPSA) is 93.7 Å². The highest BCUT2D eigenvalue weighted by Crippen LogP contribution is 2.32. The lowest BCUT2D eigenvalue weighted by molar-refractivity contribution is -0.123. The predicted molar refractivity (Wildman–Crippen MR) is 132 cm³/mol. The first-order valence-corrected chi connectivity index (χ1v) is 13.3. The molecule has 1 aliphatic heterocycles. The van der Waals surface area contributed by atoms with Crippen molar-refractivity contribution in [3.8, 4) is 11.5 Å². The van der Waals surface area contributed by atoms with Crippen LogP contribution in [0.2, 0.25) is 0 Å². The zero-order valence-electron chi connectivity index (χ0n) is 19.3. The van der Waals surface area contributed by atoms with E-state index in [0.717, 1.165) is 30.4 Å². The minimum Gasteiger partial charge on any atom is -0.486 e. The van der Waals surface area contributed by atoms with E-state index < -0.39 is 16.1 Å². The third kappa shape index (κ3) is 5.33. The molecule has 35 heavy (non-hydrogen) atoms. The summed E-state index contributed by atoms with van der Waals surface area (Å²) in [7, 11) is -4.01. The maximum atomic E-state index is 13.5. The van der Waals surface area contributed by atoms with Crippen molar-refractivity contribution in [2.45, 2.75) is 42.7 Å². The van der Waals surface area contributed by atoms with Crippen molar-refractivity contribution in [2.24, 2.45) is 0 Å². The summed E-state index contributed by atoms with van der Waals surface area (Å²) in [5, 5.41) is 3.11.